The molecule has 0 amide bonds. The van der Waals surface area contributed by atoms with Crippen molar-refractivity contribution >= 4 is 43.5 Å². The number of halogens is 2. The van der Waals surface area contributed by atoms with Crippen LogP contribution in [0.25, 0.3) is 0 Å². The van der Waals surface area contributed by atoms with Gasteiger partial charge in [-0.15, -0.1) is 0 Å². The Hall–Kier alpha value is -0.860. The van der Waals surface area contributed by atoms with Crippen LogP contribution in [-0.2, 0) is 4.74 Å². The Balaban J connectivity index is 2.18. The maximum Gasteiger partial charge on any atom is 0.170 e. The van der Waals surface area contributed by atoms with E-state index in [1.54, 1.807) is 6.20 Å². The summed E-state index contributed by atoms with van der Waals surface area (Å²) in [6.07, 6.45) is 1.31. The van der Waals surface area contributed by atoms with Gasteiger partial charge in [0.2, 0.25) is 0 Å². The van der Waals surface area contributed by atoms with Crippen LogP contribution < -0.4 is 10.6 Å². The summed E-state index contributed by atoms with van der Waals surface area (Å²) in [5.74, 6) is 0.894. The molecule has 3 N–H and O–H groups in total. The summed E-state index contributed by atoms with van der Waals surface area (Å²) in [6, 6.07) is 1.93. The fourth-order valence-electron chi connectivity index (χ4n) is 1.73. The Labute approximate surface area is 121 Å². The fourth-order valence-corrected chi connectivity index (χ4v) is 2.96. The lowest BCUT2D eigenvalue weighted by Crippen LogP contribution is -2.49. The highest BCUT2D eigenvalue weighted by molar-refractivity contribution is 9.11. The van der Waals surface area contributed by atoms with E-state index >= 15 is 0 Å². The van der Waals surface area contributed by atoms with Crippen molar-refractivity contribution in [2.45, 2.75) is 6.10 Å². The molecule has 1 aromatic rings. The molecule has 1 fully saturated rings. The van der Waals surface area contributed by atoms with Crippen LogP contribution in [0.2, 0.25) is 0 Å². The second kappa shape index (κ2) is 5.85. The van der Waals surface area contributed by atoms with Crippen LogP contribution in [0.15, 0.2) is 26.4 Å². The van der Waals surface area contributed by atoms with E-state index in [4.69, 9.17) is 15.7 Å². The van der Waals surface area contributed by atoms with Gasteiger partial charge in [0.15, 0.2) is 5.84 Å². The van der Waals surface area contributed by atoms with Crippen molar-refractivity contribution in [3.8, 4) is 0 Å². The highest BCUT2D eigenvalue weighted by Gasteiger charge is 2.25. The average Bonchev–Trinajstić information content (AvgIpc) is 2.38. The molecule has 0 aromatic carbocycles. The molecule has 0 radical (unpaired) electrons. The van der Waals surface area contributed by atoms with Gasteiger partial charge in [-0.05, 0) is 37.9 Å². The number of rotatable bonds is 2. The van der Waals surface area contributed by atoms with E-state index in [2.05, 4.69) is 42.0 Å². The standard InChI is InChI=1S/C10H12Br2N4O2/c11-6-3-7(12)10(14-4-6)16-1-2-18-8(5-16)9(13)15-17/h3-4,8,17H,1-2,5H2,(H2,13,15). The third-order valence-corrected chi connectivity index (χ3v) is 3.62. The number of nitrogens with two attached hydrogens (primary N) is 1. The Morgan fingerprint density at radius 2 is 2.39 bits per heavy atom. The summed E-state index contributed by atoms with van der Waals surface area (Å²) in [5, 5.41) is 11.6. The Morgan fingerprint density at radius 1 is 1.61 bits per heavy atom. The van der Waals surface area contributed by atoms with Crippen molar-refractivity contribution in [2.75, 3.05) is 24.6 Å². The maximum absolute atomic E-state index is 8.67. The Morgan fingerprint density at radius 3 is 3.06 bits per heavy atom. The second-order valence-corrected chi connectivity index (χ2v) is 5.56. The number of amidine groups is 1. The summed E-state index contributed by atoms with van der Waals surface area (Å²) in [5.41, 5.74) is 5.56. The van der Waals surface area contributed by atoms with E-state index in [0.29, 0.717) is 19.7 Å². The fraction of sp³-hybridized carbons (Fsp3) is 0.400. The van der Waals surface area contributed by atoms with Gasteiger partial charge in [-0.2, -0.15) is 0 Å². The summed E-state index contributed by atoms with van der Waals surface area (Å²) in [4.78, 5) is 6.39. The van der Waals surface area contributed by atoms with E-state index in [0.717, 1.165) is 14.8 Å². The summed E-state index contributed by atoms with van der Waals surface area (Å²) >= 11 is 6.83. The number of ether oxygens (including phenoxy) is 1. The average molecular weight is 380 g/mol. The highest BCUT2D eigenvalue weighted by atomic mass is 79.9. The number of morpholine rings is 1. The van der Waals surface area contributed by atoms with Gasteiger partial charge in [0.25, 0.3) is 0 Å². The predicted molar refractivity (Wildman–Crippen MR) is 75.0 cm³/mol. The number of hydrogen-bond acceptors (Lipinski definition) is 5. The number of hydrogen-bond donors (Lipinski definition) is 2. The molecular formula is C10H12Br2N4O2. The van der Waals surface area contributed by atoms with Crippen LogP contribution in [0.3, 0.4) is 0 Å². The van der Waals surface area contributed by atoms with Crippen molar-refractivity contribution in [3.63, 3.8) is 0 Å². The molecule has 1 aromatic heterocycles. The molecule has 6 nitrogen and oxygen atoms in total. The quantitative estimate of drug-likeness (QED) is 0.352. The monoisotopic (exact) mass is 378 g/mol. The number of pyridine rings is 1. The zero-order valence-electron chi connectivity index (χ0n) is 9.38. The molecule has 18 heavy (non-hydrogen) atoms. The van der Waals surface area contributed by atoms with Gasteiger partial charge in [0.1, 0.15) is 11.9 Å². The van der Waals surface area contributed by atoms with Crippen LogP contribution in [0.1, 0.15) is 0 Å². The van der Waals surface area contributed by atoms with Crippen LogP contribution in [0.4, 0.5) is 5.82 Å². The first-order valence-corrected chi connectivity index (χ1v) is 6.85. The molecule has 98 valence electrons. The number of nitrogens with zero attached hydrogens (tertiary/aromatic N) is 3. The van der Waals surface area contributed by atoms with Gasteiger partial charge in [0, 0.05) is 17.2 Å². The van der Waals surface area contributed by atoms with E-state index in [9.17, 15) is 0 Å². The Kier molecular flexibility index (Phi) is 4.41. The van der Waals surface area contributed by atoms with Gasteiger partial charge in [0.05, 0.1) is 17.6 Å². The van der Waals surface area contributed by atoms with Crippen LogP contribution >= 0.6 is 31.9 Å². The highest BCUT2D eigenvalue weighted by Crippen LogP contribution is 2.27. The van der Waals surface area contributed by atoms with E-state index in [1.807, 2.05) is 11.0 Å². The molecule has 8 heteroatoms. The van der Waals surface area contributed by atoms with Crippen LogP contribution in [0, 0.1) is 0 Å². The van der Waals surface area contributed by atoms with Gasteiger partial charge in [-0.1, -0.05) is 5.16 Å². The molecule has 2 heterocycles. The largest absolute Gasteiger partial charge is 0.409 e. The number of oxime groups is 1. The van der Waals surface area contributed by atoms with Crippen molar-refractivity contribution in [1.82, 2.24) is 4.98 Å². The minimum absolute atomic E-state index is 0.0768. The lowest BCUT2D eigenvalue weighted by atomic mass is 10.2. The zero-order chi connectivity index (χ0) is 13.1. The molecule has 1 unspecified atom stereocenters. The molecule has 1 atom stereocenters. The zero-order valence-corrected chi connectivity index (χ0v) is 12.6. The molecule has 0 spiro atoms. The van der Waals surface area contributed by atoms with Gasteiger partial charge < -0.3 is 20.6 Å². The molecule has 1 aliphatic rings. The minimum Gasteiger partial charge on any atom is -0.409 e. The molecule has 1 aliphatic heterocycles. The second-order valence-electron chi connectivity index (χ2n) is 3.79. The summed E-state index contributed by atoms with van der Waals surface area (Å²) < 4.78 is 7.22. The van der Waals surface area contributed by atoms with Crippen molar-refractivity contribution in [3.05, 3.63) is 21.2 Å². The van der Waals surface area contributed by atoms with Crippen molar-refractivity contribution in [2.24, 2.45) is 10.9 Å². The molecule has 0 aliphatic carbocycles. The lowest BCUT2D eigenvalue weighted by Gasteiger charge is -2.33. The summed E-state index contributed by atoms with van der Waals surface area (Å²) in [7, 11) is 0. The van der Waals surface area contributed by atoms with E-state index in [-0.39, 0.29) is 5.84 Å². The Bertz CT molecular complexity index is 469. The predicted octanol–water partition coefficient (Wildman–Crippen LogP) is 1.56. The molecule has 0 saturated carbocycles. The van der Waals surface area contributed by atoms with E-state index in [1.165, 1.54) is 0 Å². The van der Waals surface area contributed by atoms with Crippen LogP contribution in [0.5, 0.6) is 0 Å². The van der Waals surface area contributed by atoms with Crippen molar-refractivity contribution < 1.29 is 9.94 Å². The molecule has 2 rings (SSSR count). The van der Waals surface area contributed by atoms with Gasteiger partial charge >= 0.3 is 0 Å². The topological polar surface area (TPSA) is 84.0 Å². The number of anilines is 1. The normalized spacial score (nSPS) is 21.1. The van der Waals surface area contributed by atoms with Crippen LogP contribution in [-0.4, -0.2) is 41.8 Å². The maximum atomic E-state index is 8.67. The van der Waals surface area contributed by atoms with Crippen molar-refractivity contribution in [1.29, 1.82) is 0 Å². The van der Waals surface area contributed by atoms with E-state index < -0.39 is 6.10 Å². The first kappa shape index (κ1) is 13.6. The third-order valence-electron chi connectivity index (χ3n) is 2.60. The number of aromatic nitrogens is 1. The minimum atomic E-state index is -0.416. The smallest absolute Gasteiger partial charge is 0.170 e. The SMILES string of the molecule is NC(=NO)C1CN(c2ncc(Br)cc2Br)CCO1. The molecular weight excluding hydrogens is 368 g/mol. The first-order valence-electron chi connectivity index (χ1n) is 5.27. The van der Waals surface area contributed by atoms with Gasteiger partial charge in [-0.25, -0.2) is 4.98 Å². The van der Waals surface area contributed by atoms with Gasteiger partial charge in [-0.3, -0.25) is 0 Å². The third kappa shape index (κ3) is 2.93. The first-order chi connectivity index (χ1) is 8.61. The lowest BCUT2D eigenvalue weighted by molar-refractivity contribution is 0.0803. The molecule has 1 saturated heterocycles. The summed E-state index contributed by atoms with van der Waals surface area (Å²) in [6.45, 7) is 1.72. The molecule has 0 bridgehead atoms.